The second-order valence-electron chi connectivity index (χ2n) is 16.1. The first-order valence-electron chi connectivity index (χ1n) is 19.6. The van der Waals surface area contributed by atoms with Gasteiger partial charge in [0.2, 0.25) is 10.0 Å². The van der Waals surface area contributed by atoms with Crippen molar-refractivity contribution in [3.05, 3.63) is 70.5 Å². The van der Waals surface area contributed by atoms with Gasteiger partial charge in [-0.1, -0.05) is 32.3 Å². The Morgan fingerprint density at radius 3 is 2.43 bits per heavy atom. The highest BCUT2D eigenvalue weighted by Crippen LogP contribution is 2.48. The van der Waals surface area contributed by atoms with E-state index < -0.39 is 21.2 Å². The molecule has 4 aromatic rings. The fourth-order valence-corrected chi connectivity index (χ4v) is 10.0. The van der Waals surface area contributed by atoms with Crippen LogP contribution in [0.3, 0.4) is 0 Å². The summed E-state index contributed by atoms with van der Waals surface area (Å²) in [7, 11) is -2.16. The molecule has 1 aliphatic carbocycles. The molecule has 2 amide bonds. The van der Waals surface area contributed by atoms with Crippen molar-refractivity contribution in [1.29, 1.82) is 0 Å². The van der Waals surface area contributed by atoms with Gasteiger partial charge in [0.1, 0.15) is 5.75 Å². The molecule has 12 heteroatoms. The van der Waals surface area contributed by atoms with Gasteiger partial charge in [-0.2, -0.15) is 5.10 Å². The average Bonchev–Trinajstić information content (AvgIpc) is 3.94. The van der Waals surface area contributed by atoms with Crippen LogP contribution in [0.4, 0.5) is 0 Å². The highest BCUT2D eigenvalue weighted by atomic mass is 32.2. The van der Waals surface area contributed by atoms with Gasteiger partial charge in [-0.05, 0) is 113 Å². The van der Waals surface area contributed by atoms with Gasteiger partial charge in [0, 0.05) is 53.2 Å². The molecular weight excluding hydrogens is 701 g/mol. The molecule has 2 bridgehead atoms. The topological polar surface area (TPSA) is 119 Å². The minimum absolute atomic E-state index is 0.0157. The first-order chi connectivity index (χ1) is 25.9. The number of methoxy groups -OCH3 is 1. The van der Waals surface area contributed by atoms with Crippen LogP contribution in [0.5, 0.6) is 5.75 Å². The van der Waals surface area contributed by atoms with Crippen LogP contribution in [0.25, 0.3) is 33.8 Å². The standard InChI is InChI=1S/C42H52N6O5S/c1-7-45-23-32-20-31(45)24-46(32)42(50)36-21-43-48(25(2)3)39(36)30-17-29-18-33(53-6)14-16-34(29)40-38(27-11-9-8-10-12-27)35-15-13-28(19-37(35)47(40)22-30)41(49)44-54(51,52)26(4)5/h13-19,21,25-27,31-32H,7-12,20,22-24H2,1-6H3,(H,44,49)/t31-,32-/m1/s1. The summed E-state index contributed by atoms with van der Waals surface area (Å²) in [6, 6.07) is 12.3. The van der Waals surface area contributed by atoms with Crippen LogP contribution < -0.4 is 9.46 Å². The van der Waals surface area contributed by atoms with E-state index in [9.17, 15) is 18.0 Å². The Balaban J connectivity index is 1.33. The SMILES string of the molecule is CCN1C[C@H]2C[C@@H]1CN2C(=O)c1cnn(C(C)C)c1C1=Cc2cc(OC)ccc2-c2c(C3CCCCC3)c3ccc(C(=O)NS(=O)(=O)C(C)C)cc3n2C1. The molecule has 1 saturated carbocycles. The van der Waals surface area contributed by atoms with Gasteiger partial charge in [0.25, 0.3) is 11.8 Å². The van der Waals surface area contributed by atoms with Crippen molar-refractivity contribution in [2.75, 3.05) is 26.7 Å². The van der Waals surface area contributed by atoms with E-state index in [2.05, 4.69) is 58.1 Å². The maximum atomic E-state index is 14.6. The maximum absolute atomic E-state index is 14.6. The molecule has 5 heterocycles. The van der Waals surface area contributed by atoms with E-state index in [1.807, 2.05) is 22.9 Å². The summed E-state index contributed by atoms with van der Waals surface area (Å²) in [5, 5.41) is 5.16. The van der Waals surface area contributed by atoms with E-state index in [4.69, 9.17) is 9.84 Å². The van der Waals surface area contributed by atoms with Crippen LogP contribution in [0, 0.1) is 0 Å². The zero-order valence-electron chi connectivity index (χ0n) is 32.3. The molecule has 3 fully saturated rings. The number of likely N-dealkylation sites (N-methyl/N-ethyl adjacent to an activating group) is 1. The van der Waals surface area contributed by atoms with E-state index in [1.54, 1.807) is 33.2 Å². The third kappa shape index (κ3) is 6.15. The second-order valence-corrected chi connectivity index (χ2v) is 18.3. The lowest BCUT2D eigenvalue weighted by atomic mass is 9.81. The quantitative estimate of drug-likeness (QED) is 0.194. The predicted molar refractivity (Wildman–Crippen MR) is 212 cm³/mol. The number of benzene rings is 2. The summed E-state index contributed by atoms with van der Waals surface area (Å²) in [4.78, 5) is 32.7. The second kappa shape index (κ2) is 14.0. The van der Waals surface area contributed by atoms with Crippen molar-refractivity contribution in [2.45, 2.75) is 109 Å². The van der Waals surface area contributed by atoms with E-state index in [-0.39, 0.29) is 23.6 Å². The summed E-state index contributed by atoms with van der Waals surface area (Å²) in [5.41, 5.74) is 7.85. The van der Waals surface area contributed by atoms with Gasteiger partial charge in [0.05, 0.1) is 42.1 Å². The zero-order valence-corrected chi connectivity index (χ0v) is 33.1. The minimum Gasteiger partial charge on any atom is -0.497 e. The van der Waals surface area contributed by atoms with Crippen LogP contribution in [0.1, 0.15) is 123 Å². The number of nitrogens with one attached hydrogen (secondary N) is 1. The first kappa shape index (κ1) is 36.6. The third-order valence-corrected chi connectivity index (χ3v) is 14.0. The molecule has 1 N–H and O–H groups in total. The highest BCUT2D eigenvalue weighted by Gasteiger charge is 2.45. The number of carbonyl (C=O) groups is 2. The number of fused-ring (bicyclic) bond motifs is 7. The Hall–Kier alpha value is -4.42. The molecule has 0 radical (unpaired) electrons. The zero-order chi connectivity index (χ0) is 38.1. The maximum Gasteiger partial charge on any atom is 0.264 e. The molecule has 4 aliphatic rings. The van der Waals surface area contributed by atoms with Gasteiger partial charge in [0.15, 0.2) is 0 Å². The van der Waals surface area contributed by atoms with Gasteiger partial charge in [-0.25, -0.2) is 13.1 Å². The number of hydrogen-bond donors (Lipinski definition) is 1. The lowest BCUT2D eigenvalue weighted by Gasteiger charge is -2.33. The number of sulfonamides is 1. The first-order valence-corrected chi connectivity index (χ1v) is 21.2. The Kier molecular flexibility index (Phi) is 9.49. The van der Waals surface area contributed by atoms with E-state index in [1.165, 1.54) is 12.0 Å². The number of amides is 2. The summed E-state index contributed by atoms with van der Waals surface area (Å²) in [6.07, 6.45) is 10.6. The predicted octanol–water partition coefficient (Wildman–Crippen LogP) is 7.08. The van der Waals surface area contributed by atoms with Gasteiger partial charge >= 0.3 is 0 Å². The summed E-state index contributed by atoms with van der Waals surface area (Å²) in [5.74, 6) is 0.423. The normalized spacial score (nSPS) is 20.4. The highest BCUT2D eigenvalue weighted by molar-refractivity contribution is 7.90. The van der Waals surface area contributed by atoms with Crippen molar-refractivity contribution < 1.29 is 22.7 Å². The molecule has 2 saturated heterocycles. The number of carbonyl (C=O) groups excluding carboxylic acids is 2. The molecule has 11 nitrogen and oxygen atoms in total. The van der Waals surface area contributed by atoms with Crippen LogP contribution in [0.2, 0.25) is 0 Å². The summed E-state index contributed by atoms with van der Waals surface area (Å²) >= 11 is 0. The lowest BCUT2D eigenvalue weighted by Crippen LogP contribution is -2.48. The van der Waals surface area contributed by atoms with Crippen molar-refractivity contribution in [1.82, 2.24) is 28.9 Å². The molecule has 2 aromatic carbocycles. The van der Waals surface area contributed by atoms with Crippen molar-refractivity contribution in [2.24, 2.45) is 0 Å². The van der Waals surface area contributed by atoms with Gasteiger partial charge in [-0.3, -0.25) is 19.2 Å². The Morgan fingerprint density at radius 1 is 0.981 bits per heavy atom. The molecule has 54 heavy (non-hydrogen) atoms. The molecule has 8 rings (SSSR count). The van der Waals surface area contributed by atoms with Gasteiger partial charge < -0.3 is 14.2 Å². The van der Waals surface area contributed by atoms with Crippen LogP contribution in [-0.4, -0.2) is 88.5 Å². The number of rotatable bonds is 9. The number of piperazine rings is 1. The van der Waals surface area contributed by atoms with Crippen LogP contribution in [-0.2, 0) is 16.6 Å². The molecule has 3 aliphatic heterocycles. The molecule has 2 aromatic heterocycles. The van der Waals surface area contributed by atoms with Crippen LogP contribution in [0.15, 0.2) is 42.6 Å². The van der Waals surface area contributed by atoms with Gasteiger partial charge in [-0.15, -0.1) is 0 Å². The Labute approximate surface area is 318 Å². The smallest absolute Gasteiger partial charge is 0.264 e. The largest absolute Gasteiger partial charge is 0.497 e. The van der Waals surface area contributed by atoms with Crippen molar-refractivity contribution in [3.63, 3.8) is 0 Å². The fourth-order valence-electron chi connectivity index (χ4n) is 9.40. The van der Waals surface area contributed by atoms with Crippen molar-refractivity contribution in [3.8, 4) is 17.0 Å². The molecule has 2 atom stereocenters. The third-order valence-electron chi connectivity index (χ3n) is 12.2. The van der Waals surface area contributed by atoms with E-state index in [0.29, 0.717) is 24.1 Å². The monoisotopic (exact) mass is 752 g/mol. The summed E-state index contributed by atoms with van der Waals surface area (Å²) in [6.45, 7) is 12.5. The number of allylic oxidation sites excluding steroid dienone is 1. The fraction of sp³-hybridized carbons (Fsp3) is 0.500. The number of aromatic nitrogens is 3. The van der Waals surface area contributed by atoms with E-state index >= 15 is 0 Å². The number of ether oxygens (including phenoxy) is 1. The van der Waals surface area contributed by atoms with E-state index in [0.717, 1.165) is 96.5 Å². The number of nitrogens with zero attached hydrogens (tertiary/aromatic N) is 5. The molecule has 0 unspecified atom stereocenters. The molecule has 286 valence electrons. The molecular formula is C42H52N6O5S. The van der Waals surface area contributed by atoms with Crippen LogP contribution >= 0.6 is 0 Å². The Morgan fingerprint density at radius 2 is 1.76 bits per heavy atom. The number of hydrogen-bond acceptors (Lipinski definition) is 7. The number of likely N-dealkylation sites (tertiary alicyclic amines) is 2. The minimum atomic E-state index is -3.84. The lowest BCUT2D eigenvalue weighted by molar-refractivity contribution is 0.0630. The summed E-state index contributed by atoms with van der Waals surface area (Å²) < 4.78 is 37.9. The average molecular weight is 753 g/mol. The Bertz CT molecular complexity index is 2280. The molecule has 0 spiro atoms. The van der Waals surface area contributed by atoms with Crippen molar-refractivity contribution >= 4 is 44.4 Å².